The molecule has 0 saturated carbocycles. The van der Waals surface area contributed by atoms with Gasteiger partial charge >= 0.3 is 6.03 Å². The van der Waals surface area contributed by atoms with E-state index in [1.807, 2.05) is 60.4 Å². The van der Waals surface area contributed by atoms with E-state index < -0.39 is 0 Å². The number of nitrogens with one attached hydrogen (secondary N) is 2. The van der Waals surface area contributed by atoms with Crippen molar-refractivity contribution in [3.63, 3.8) is 0 Å². The molecule has 2 aromatic rings. The molecule has 1 aliphatic rings. The summed E-state index contributed by atoms with van der Waals surface area (Å²) in [6.45, 7) is 5.45. The molecule has 1 saturated heterocycles. The molecule has 1 aliphatic heterocycles. The van der Waals surface area contributed by atoms with Gasteiger partial charge in [-0.2, -0.15) is 0 Å². The molecule has 0 aliphatic carbocycles. The summed E-state index contributed by atoms with van der Waals surface area (Å²) >= 11 is 0. The van der Waals surface area contributed by atoms with Crippen LogP contribution in [0.5, 0.6) is 5.75 Å². The first kappa shape index (κ1) is 20.5. The van der Waals surface area contributed by atoms with E-state index in [4.69, 9.17) is 4.74 Å². The van der Waals surface area contributed by atoms with Crippen molar-refractivity contribution in [2.24, 2.45) is 0 Å². The summed E-state index contributed by atoms with van der Waals surface area (Å²) in [6, 6.07) is 15.2. The number of hydrogen-bond acceptors (Lipinski definition) is 4. The third-order valence-corrected chi connectivity index (χ3v) is 4.97. The molecule has 0 radical (unpaired) electrons. The number of carbonyl (C=O) groups is 2. The molecular weight excluding hydrogens is 368 g/mol. The number of amides is 3. The molecule has 2 N–H and O–H groups in total. The van der Waals surface area contributed by atoms with Gasteiger partial charge in [0, 0.05) is 44.1 Å². The highest BCUT2D eigenvalue weighted by molar-refractivity contribution is 5.89. The van der Waals surface area contributed by atoms with E-state index in [2.05, 4.69) is 15.5 Å². The van der Waals surface area contributed by atoms with E-state index in [1.165, 1.54) is 0 Å². The molecule has 0 atom stereocenters. The fourth-order valence-electron chi connectivity index (χ4n) is 3.34. The highest BCUT2D eigenvalue weighted by Gasteiger charge is 2.21. The number of anilines is 2. The lowest BCUT2D eigenvalue weighted by atomic mass is 10.1. The second kappa shape index (κ2) is 9.82. The predicted octanol–water partition coefficient (Wildman–Crippen LogP) is 2.73. The number of benzene rings is 2. The quantitative estimate of drug-likeness (QED) is 0.787. The zero-order valence-corrected chi connectivity index (χ0v) is 17.0. The Hall–Kier alpha value is -3.22. The van der Waals surface area contributed by atoms with Crippen LogP contribution >= 0.6 is 0 Å². The van der Waals surface area contributed by atoms with E-state index in [9.17, 15) is 9.59 Å². The maximum atomic E-state index is 12.6. The van der Waals surface area contributed by atoms with Gasteiger partial charge in [0.15, 0.2) is 0 Å². The molecule has 2 aromatic carbocycles. The number of rotatable bonds is 6. The third-order valence-electron chi connectivity index (χ3n) is 4.97. The number of urea groups is 1. The summed E-state index contributed by atoms with van der Waals surface area (Å²) in [5.74, 6) is 0.943. The Labute approximate surface area is 171 Å². The van der Waals surface area contributed by atoms with Crippen LogP contribution in [0, 0.1) is 0 Å². The van der Waals surface area contributed by atoms with Crippen LogP contribution in [-0.2, 0) is 11.2 Å². The van der Waals surface area contributed by atoms with Gasteiger partial charge in [0.25, 0.3) is 0 Å². The number of piperazine rings is 1. The minimum Gasteiger partial charge on any atom is -0.497 e. The molecule has 29 heavy (non-hydrogen) atoms. The van der Waals surface area contributed by atoms with Crippen molar-refractivity contribution in [1.29, 1.82) is 0 Å². The summed E-state index contributed by atoms with van der Waals surface area (Å²) in [4.78, 5) is 28.4. The van der Waals surface area contributed by atoms with Crippen molar-refractivity contribution in [1.82, 2.24) is 10.2 Å². The number of ether oxygens (including phenoxy) is 1. The van der Waals surface area contributed by atoms with E-state index in [0.717, 1.165) is 35.8 Å². The Bertz CT molecular complexity index is 813. The zero-order chi connectivity index (χ0) is 20.6. The zero-order valence-electron chi connectivity index (χ0n) is 17.0. The fourth-order valence-corrected chi connectivity index (χ4v) is 3.34. The van der Waals surface area contributed by atoms with Crippen LogP contribution in [0.3, 0.4) is 0 Å². The van der Waals surface area contributed by atoms with Crippen LogP contribution in [0.1, 0.15) is 12.5 Å². The van der Waals surface area contributed by atoms with Crippen LogP contribution in [0.15, 0.2) is 48.5 Å². The Kier molecular flexibility index (Phi) is 6.94. The Morgan fingerprint density at radius 3 is 2.21 bits per heavy atom. The second-order valence-corrected chi connectivity index (χ2v) is 6.92. The molecule has 0 bridgehead atoms. The van der Waals surface area contributed by atoms with Crippen LogP contribution < -0.4 is 20.3 Å². The van der Waals surface area contributed by atoms with Crippen molar-refractivity contribution in [3.05, 3.63) is 54.1 Å². The molecule has 3 amide bonds. The monoisotopic (exact) mass is 396 g/mol. The molecule has 7 nitrogen and oxygen atoms in total. The standard InChI is InChI=1S/C22H28N4O3/c1-3-23-22(28)24-18-6-8-19(9-7-18)25-12-14-26(15-13-25)21(27)16-17-4-10-20(29-2)11-5-17/h4-11H,3,12-16H2,1-2H3,(H2,23,24,28). The minimum absolute atomic E-state index is 0.149. The summed E-state index contributed by atoms with van der Waals surface area (Å²) in [6.07, 6.45) is 0.407. The first-order valence-electron chi connectivity index (χ1n) is 9.89. The van der Waals surface area contributed by atoms with Gasteiger partial charge in [-0.15, -0.1) is 0 Å². The Morgan fingerprint density at radius 2 is 1.62 bits per heavy atom. The van der Waals surface area contributed by atoms with Crippen molar-refractivity contribution >= 4 is 23.3 Å². The second-order valence-electron chi connectivity index (χ2n) is 6.92. The fraction of sp³-hybridized carbons (Fsp3) is 0.364. The van der Waals surface area contributed by atoms with Gasteiger partial charge in [0.2, 0.25) is 5.91 Å². The van der Waals surface area contributed by atoms with Crippen molar-refractivity contribution in [2.45, 2.75) is 13.3 Å². The first-order valence-corrected chi connectivity index (χ1v) is 9.89. The molecule has 0 aromatic heterocycles. The van der Waals surface area contributed by atoms with E-state index in [1.54, 1.807) is 7.11 Å². The molecule has 154 valence electrons. The molecule has 3 rings (SSSR count). The van der Waals surface area contributed by atoms with Gasteiger partial charge in [0.05, 0.1) is 13.5 Å². The topological polar surface area (TPSA) is 73.9 Å². The highest BCUT2D eigenvalue weighted by atomic mass is 16.5. The third kappa shape index (κ3) is 5.63. The van der Waals surface area contributed by atoms with Crippen molar-refractivity contribution in [2.75, 3.05) is 50.1 Å². The summed E-state index contributed by atoms with van der Waals surface area (Å²) in [5, 5.41) is 5.50. The van der Waals surface area contributed by atoms with Crippen LogP contribution in [-0.4, -0.2) is 56.7 Å². The normalized spacial score (nSPS) is 13.7. The number of hydrogen-bond donors (Lipinski definition) is 2. The minimum atomic E-state index is -0.204. The molecule has 0 unspecified atom stereocenters. The SMILES string of the molecule is CCNC(=O)Nc1ccc(N2CCN(C(=O)Cc3ccc(OC)cc3)CC2)cc1. The van der Waals surface area contributed by atoms with Crippen LogP contribution in [0.4, 0.5) is 16.2 Å². The summed E-state index contributed by atoms with van der Waals surface area (Å²) < 4.78 is 5.16. The Balaban J connectivity index is 1.49. The first-order chi connectivity index (χ1) is 14.1. The Morgan fingerprint density at radius 1 is 0.966 bits per heavy atom. The van der Waals surface area contributed by atoms with Gasteiger partial charge in [0.1, 0.15) is 5.75 Å². The number of nitrogens with zero attached hydrogens (tertiary/aromatic N) is 2. The molecule has 0 spiro atoms. The molecule has 1 fully saturated rings. The molecule has 1 heterocycles. The lowest BCUT2D eigenvalue weighted by Gasteiger charge is -2.36. The number of carbonyl (C=O) groups excluding carboxylic acids is 2. The van der Waals surface area contributed by atoms with Crippen LogP contribution in [0.25, 0.3) is 0 Å². The lowest BCUT2D eigenvalue weighted by molar-refractivity contribution is -0.130. The predicted molar refractivity (Wildman–Crippen MR) is 115 cm³/mol. The molecule has 7 heteroatoms. The maximum absolute atomic E-state index is 12.6. The average Bonchev–Trinajstić information content (AvgIpc) is 2.75. The summed E-state index contributed by atoms with van der Waals surface area (Å²) in [7, 11) is 1.63. The van der Waals surface area contributed by atoms with Gasteiger partial charge in [-0.3, -0.25) is 4.79 Å². The van der Waals surface area contributed by atoms with Crippen molar-refractivity contribution < 1.29 is 14.3 Å². The summed E-state index contributed by atoms with van der Waals surface area (Å²) in [5.41, 5.74) is 2.84. The average molecular weight is 396 g/mol. The lowest BCUT2D eigenvalue weighted by Crippen LogP contribution is -2.49. The van der Waals surface area contributed by atoms with E-state index in [0.29, 0.717) is 26.1 Å². The number of methoxy groups -OCH3 is 1. The van der Waals surface area contributed by atoms with Gasteiger partial charge in [-0.05, 0) is 48.9 Å². The highest BCUT2D eigenvalue weighted by Crippen LogP contribution is 2.20. The molecular formula is C22H28N4O3. The van der Waals surface area contributed by atoms with E-state index >= 15 is 0 Å². The smallest absolute Gasteiger partial charge is 0.319 e. The maximum Gasteiger partial charge on any atom is 0.319 e. The van der Waals surface area contributed by atoms with Gasteiger partial charge in [-0.1, -0.05) is 12.1 Å². The largest absolute Gasteiger partial charge is 0.497 e. The van der Waals surface area contributed by atoms with Gasteiger partial charge in [-0.25, -0.2) is 4.79 Å². The van der Waals surface area contributed by atoms with Gasteiger partial charge < -0.3 is 25.2 Å². The van der Waals surface area contributed by atoms with Crippen LogP contribution in [0.2, 0.25) is 0 Å². The van der Waals surface area contributed by atoms with E-state index in [-0.39, 0.29) is 11.9 Å². The van der Waals surface area contributed by atoms with Crippen molar-refractivity contribution in [3.8, 4) is 5.75 Å².